The Kier molecular flexibility index (Phi) is 4.52. The van der Waals surface area contributed by atoms with Crippen LogP contribution in [0.1, 0.15) is 19.3 Å². The summed E-state index contributed by atoms with van der Waals surface area (Å²) in [6.07, 6.45) is 4.84. The number of anilines is 2. The fourth-order valence-electron chi connectivity index (χ4n) is 4.54. The predicted octanol–water partition coefficient (Wildman–Crippen LogP) is 2.61. The van der Waals surface area contributed by atoms with Crippen molar-refractivity contribution in [3.8, 4) is 0 Å². The third-order valence-electron chi connectivity index (χ3n) is 6.22. The summed E-state index contributed by atoms with van der Waals surface area (Å²) in [7, 11) is 1.62. The zero-order valence-electron chi connectivity index (χ0n) is 16.7. The smallest absolute Gasteiger partial charge is 0.312 e. The van der Waals surface area contributed by atoms with Crippen molar-refractivity contribution in [3.05, 3.63) is 42.6 Å². The maximum absolute atomic E-state index is 13.7. The Morgan fingerprint density at radius 1 is 1.27 bits per heavy atom. The molecule has 9 heteroatoms. The summed E-state index contributed by atoms with van der Waals surface area (Å²) in [5, 5.41) is 2.74. The Balaban J connectivity index is 1.27. The molecule has 0 aliphatic carbocycles. The number of carbonyl (C=O) groups excluding carboxylic acids is 1. The quantitative estimate of drug-likeness (QED) is 0.662. The molecular formula is C21H23FN6O2. The number of piperidine rings is 1. The van der Waals surface area contributed by atoms with Gasteiger partial charge in [-0.3, -0.25) is 4.79 Å². The number of esters is 1. The van der Waals surface area contributed by atoms with Crippen LogP contribution in [0.2, 0.25) is 0 Å². The van der Waals surface area contributed by atoms with Gasteiger partial charge in [0, 0.05) is 26.6 Å². The molecule has 1 spiro atoms. The average Bonchev–Trinajstić information content (AvgIpc) is 3.30. The highest BCUT2D eigenvalue weighted by Gasteiger charge is 2.50. The molecule has 0 saturated carbocycles. The van der Waals surface area contributed by atoms with Gasteiger partial charge in [-0.1, -0.05) is 12.1 Å². The van der Waals surface area contributed by atoms with E-state index in [2.05, 4.69) is 20.3 Å². The lowest BCUT2D eigenvalue weighted by atomic mass is 9.76. The summed E-state index contributed by atoms with van der Waals surface area (Å²) in [5.74, 6) is 0.0491. The number of aromatic nitrogens is 4. The number of nitrogens with zero attached hydrogens (tertiary/aromatic N) is 5. The van der Waals surface area contributed by atoms with Crippen molar-refractivity contribution < 1.29 is 13.9 Å². The van der Waals surface area contributed by atoms with E-state index < -0.39 is 11.2 Å². The fraction of sp³-hybridized carbons (Fsp3) is 0.429. The Morgan fingerprint density at radius 3 is 2.87 bits per heavy atom. The van der Waals surface area contributed by atoms with Crippen LogP contribution in [0.5, 0.6) is 0 Å². The van der Waals surface area contributed by atoms with Crippen LogP contribution in [-0.4, -0.2) is 51.7 Å². The van der Waals surface area contributed by atoms with E-state index >= 15 is 0 Å². The number of ether oxygens (including phenoxy) is 1. The number of nitrogens with one attached hydrogen (secondary N) is 1. The lowest BCUT2D eigenvalue weighted by Gasteiger charge is -2.36. The summed E-state index contributed by atoms with van der Waals surface area (Å²) >= 11 is 0. The summed E-state index contributed by atoms with van der Waals surface area (Å²) in [4.78, 5) is 27.6. The number of hydrogen-bond acceptors (Lipinski definition) is 7. The molecule has 0 radical (unpaired) electrons. The minimum absolute atomic E-state index is 0.118. The van der Waals surface area contributed by atoms with E-state index in [1.165, 1.54) is 6.20 Å². The van der Waals surface area contributed by atoms with Crippen molar-refractivity contribution in [1.82, 2.24) is 19.5 Å². The Morgan fingerprint density at radius 2 is 2.07 bits per heavy atom. The van der Waals surface area contributed by atoms with Gasteiger partial charge in [0.25, 0.3) is 0 Å². The van der Waals surface area contributed by atoms with Crippen LogP contribution in [-0.2, 0) is 16.1 Å². The monoisotopic (exact) mass is 410 g/mol. The van der Waals surface area contributed by atoms with E-state index in [1.807, 2.05) is 33.7 Å². The molecule has 0 amide bonds. The van der Waals surface area contributed by atoms with E-state index in [1.54, 1.807) is 13.4 Å². The molecule has 156 valence electrons. The van der Waals surface area contributed by atoms with Crippen LogP contribution in [0.15, 0.2) is 36.8 Å². The van der Waals surface area contributed by atoms with Gasteiger partial charge >= 0.3 is 5.97 Å². The van der Waals surface area contributed by atoms with Gasteiger partial charge in [0.15, 0.2) is 11.6 Å². The van der Waals surface area contributed by atoms with E-state index in [4.69, 9.17) is 4.74 Å². The molecule has 1 unspecified atom stereocenters. The van der Waals surface area contributed by atoms with Gasteiger partial charge in [0.2, 0.25) is 5.95 Å². The molecule has 1 N–H and O–H groups in total. The number of cyclic esters (lactones) is 1. The number of halogens is 1. The number of imidazole rings is 1. The lowest BCUT2D eigenvalue weighted by Crippen LogP contribution is -2.43. The minimum atomic E-state index is -0.482. The first-order chi connectivity index (χ1) is 14.6. The molecule has 5 rings (SSSR count). The van der Waals surface area contributed by atoms with Gasteiger partial charge in [-0.05, 0) is 25.0 Å². The van der Waals surface area contributed by atoms with Crippen molar-refractivity contribution in [2.75, 3.05) is 30.4 Å². The number of rotatable bonds is 4. The van der Waals surface area contributed by atoms with Crippen LogP contribution < -0.4 is 10.2 Å². The van der Waals surface area contributed by atoms with E-state index in [9.17, 15) is 9.18 Å². The zero-order valence-corrected chi connectivity index (χ0v) is 16.7. The van der Waals surface area contributed by atoms with Gasteiger partial charge < -0.3 is 19.5 Å². The number of carbonyl (C=O) groups is 1. The minimum Gasteiger partial charge on any atom is -0.460 e. The molecule has 2 saturated heterocycles. The Bertz CT molecular complexity index is 1090. The van der Waals surface area contributed by atoms with Crippen molar-refractivity contribution in [3.63, 3.8) is 0 Å². The number of fused-ring (bicyclic) bond motifs is 1. The molecule has 2 aliphatic rings. The molecule has 1 atom stereocenters. The molecule has 2 aliphatic heterocycles. The topological polar surface area (TPSA) is 85.2 Å². The van der Waals surface area contributed by atoms with Crippen molar-refractivity contribution in [2.45, 2.75) is 31.9 Å². The normalized spacial score (nSPS) is 20.7. The second-order valence-electron chi connectivity index (χ2n) is 8.00. The van der Waals surface area contributed by atoms with Gasteiger partial charge in [0.1, 0.15) is 6.10 Å². The lowest BCUT2D eigenvalue weighted by molar-refractivity contribution is -0.150. The molecule has 1 aromatic carbocycles. The Labute approximate surface area is 173 Å². The van der Waals surface area contributed by atoms with Crippen LogP contribution in [0.4, 0.5) is 16.2 Å². The molecule has 30 heavy (non-hydrogen) atoms. The molecule has 2 fully saturated rings. The summed E-state index contributed by atoms with van der Waals surface area (Å²) < 4.78 is 21.5. The molecular weight excluding hydrogens is 387 g/mol. The number of benzene rings is 1. The van der Waals surface area contributed by atoms with Gasteiger partial charge in [-0.2, -0.15) is 4.98 Å². The Hall–Kier alpha value is -3.23. The summed E-state index contributed by atoms with van der Waals surface area (Å²) in [5.41, 5.74) is 1.51. The SMILES string of the molecule is CNc1nc(N2CCC3(CC2)CC(Cn2cnc4ccccc42)OC3=O)ncc1F. The van der Waals surface area contributed by atoms with E-state index in [0.717, 1.165) is 11.0 Å². The van der Waals surface area contributed by atoms with Crippen LogP contribution in [0.25, 0.3) is 11.0 Å². The zero-order chi connectivity index (χ0) is 20.7. The maximum atomic E-state index is 13.7. The fourth-order valence-corrected chi connectivity index (χ4v) is 4.54. The third kappa shape index (κ3) is 3.14. The highest BCUT2D eigenvalue weighted by molar-refractivity contribution is 5.79. The first-order valence-corrected chi connectivity index (χ1v) is 10.1. The van der Waals surface area contributed by atoms with E-state index in [0.29, 0.717) is 44.8 Å². The number of para-hydroxylation sites is 2. The van der Waals surface area contributed by atoms with Gasteiger partial charge in [0.05, 0.1) is 35.5 Å². The third-order valence-corrected chi connectivity index (χ3v) is 6.22. The first-order valence-electron chi connectivity index (χ1n) is 10.1. The maximum Gasteiger partial charge on any atom is 0.312 e. The predicted molar refractivity (Wildman–Crippen MR) is 110 cm³/mol. The second-order valence-corrected chi connectivity index (χ2v) is 8.00. The first kappa shape index (κ1) is 18.8. The van der Waals surface area contributed by atoms with E-state index in [-0.39, 0.29) is 17.9 Å². The summed E-state index contributed by atoms with van der Waals surface area (Å²) in [6.45, 7) is 1.86. The molecule has 0 bridgehead atoms. The molecule has 8 nitrogen and oxygen atoms in total. The molecule has 2 aromatic heterocycles. The average molecular weight is 410 g/mol. The van der Waals surface area contributed by atoms with Crippen LogP contribution in [0, 0.1) is 11.2 Å². The molecule has 4 heterocycles. The highest BCUT2D eigenvalue weighted by atomic mass is 19.1. The van der Waals surface area contributed by atoms with Crippen molar-refractivity contribution >= 4 is 28.8 Å². The second kappa shape index (κ2) is 7.23. The standard InChI is InChI=1S/C21H23FN6O2/c1-23-18-15(22)11-24-20(26-18)27-8-6-21(7-9-27)10-14(30-19(21)29)12-28-13-25-16-4-2-3-5-17(16)28/h2-5,11,13-14H,6-10,12H2,1H3,(H,23,24,26). The van der Waals surface area contributed by atoms with Crippen molar-refractivity contribution in [1.29, 1.82) is 0 Å². The highest BCUT2D eigenvalue weighted by Crippen LogP contribution is 2.44. The molecule has 3 aromatic rings. The van der Waals surface area contributed by atoms with Gasteiger partial charge in [-0.15, -0.1) is 0 Å². The van der Waals surface area contributed by atoms with Crippen LogP contribution >= 0.6 is 0 Å². The van der Waals surface area contributed by atoms with Crippen LogP contribution in [0.3, 0.4) is 0 Å². The number of hydrogen-bond donors (Lipinski definition) is 1. The largest absolute Gasteiger partial charge is 0.460 e. The van der Waals surface area contributed by atoms with Crippen molar-refractivity contribution in [2.24, 2.45) is 5.41 Å². The summed E-state index contributed by atoms with van der Waals surface area (Å²) in [6, 6.07) is 7.94. The van der Waals surface area contributed by atoms with Gasteiger partial charge in [-0.25, -0.2) is 14.4 Å².